The van der Waals surface area contributed by atoms with E-state index in [4.69, 9.17) is 4.74 Å². The fourth-order valence-corrected chi connectivity index (χ4v) is 2.86. The molecule has 1 amide bonds. The van der Waals surface area contributed by atoms with Gasteiger partial charge in [0.05, 0.1) is 12.6 Å². The zero-order valence-electron chi connectivity index (χ0n) is 14.4. The van der Waals surface area contributed by atoms with Crippen molar-refractivity contribution in [2.24, 2.45) is 0 Å². The summed E-state index contributed by atoms with van der Waals surface area (Å²) in [5.74, 6) is 0.687. The molecule has 7 heteroatoms. The minimum Gasteiger partial charge on any atom is -0.491 e. The van der Waals surface area contributed by atoms with Gasteiger partial charge in [0.1, 0.15) is 18.1 Å². The van der Waals surface area contributed by atoms with Crippen LogP contribution in [-0.4, -0.2) is 41.9 Å². The predicted molar refractivity (Wildman–Crippen MR) is 99.6 cm³/mol. The van der Waals surface area contributed by atoms with Gasteiger partial charge in [0.2, 0.25) is 0 Å². The normalized spacial score (nSPS) is 16.8. The lowest BCUT2D eigenvalue weighted by Crippen LogP contribution is -2.32. The number of piperidine rings is 1. The second-order valence-electron chi connectivity index (χ2n) is 6.05. The van der Waals surface area contributed by atoms with E-state index in [0.717, 1.165) is 37.2 Å². The molecule has 25 heavy (non-hydrogen) atoms. The van der Waals surface area contributed by atoms with Crippen LogP contribution in [0.25, 0.3) is 0 Å². The van der Waals surface area contributed by atoms with E-state index in [-0.39, 0.29) is 18.3 Å². The number of hydrogen-bond donors (Lipinski definition) is 2. The number of nitrogens with zero attached hydrogens (tertiary/aromatic N) is 2. The Morgan fingerprint density at radius 3 is 3.00 bits per heavy atom. The van der Waals surface area contributed by atoms with Crippen LogP contribution in [0.3, 0.4) is 0 Å². The van der Waals surface area contributed by atoms with Crippen molar-refractivity contribution < 1.29 is 9.53 Å². The molecule has 3 rings (SSSR count). The van der Waals surface area contributed by atoms with Gasteiger partial charge in [-0.25, -0.2) is 0 Å². The minimum atomic E-state index is -0.161. The number of ether oxygens (including phenoxy) is 1. The van der Waals surface area contributed by atoms with E-state index in [1.165, 1.54) is 0 Å². The maximum absolute atomic E-state index is 12.2. The molecule has 1 aromatic heterocycles. The maximum Gasteiger partial charge on any atom is 0.271 e. The fourth-order valence-electron chi connectivity index (χ4n) is 2.86. The SMILES string of the molecule is Cc1ccccc1OCCNC(=O)c1ccn(C2CCCNC2)n1.Cl. The first-order valence-electron chi connectivity index (χ1n) is 8.46. The third-order valence-corrected chi connectivity index (χ3v) is 4.22. The van der Waals surface area contributed by atoms with Crippen molar-refractivity contribution in [2.75, 3.05) is 26.2 Å². The van der Waals surface area contributed by atoms with Crippen LogP contribution in [0.2, 0.25) is 0 Å². The van der Waals surface area contributed by atoms with E-state index < -0.39 is 0 Å². The van der Waals surface area contributed by atoms with Gasteiger partial charge in [-0.2, -0.15) is 5.10 Å². The van der Waals surface area contributed by atoms with Gasteiger partial charge in [-0.1, -0.05) is 18.2 Å². The summed E-state index contributed by atoms with van der Waals surface area (Å²) in [6.07, 6.45) is 4.12. The van der Waals surface area contributed by atoms with Crippen LogP contribution >= 0.6 is 12.4 Å². The second-order valence-corrected chi connectivity index (χ2v) is 6.05. The third kappa shape index (κ3) is 5.21. The Kier molecular flexibility index (Phi) is 7.28. The number of carbonyl (C=O) groups is 1. The van der Waals surface area contributed by atoms with Crippen LogP contribution < -0.4 is 15.4 Å². The number of para-hydroxylation sites is 1. The van der Waals surface area contributed by atoms with Crippen molar-refractivity contribution in [1.29, 1.82) is 0 Å². The average Bonchev–Trinajstić information content (AvgIpc) is 3.11. The summed E-state index contributed by atoms with van der Waals surface area (Å²) in [5, 5.41) is 10.6. The summed E-state index contributed by atoms with van der Waals surface area (Å²) >= 11 is 0. The minimum absolute atomic E-state index is 0. The van der Waals surface area contributed by atoms with Crippen molar-refractivity contribution in [3.63, 3.8) is 0 Å². The molecular weight excluding hydrogens is 340 g/mol. The fraction of sp³-hybridized carbons (Fsp3) is 0.444. The highest BCUT2D eigenvalue weighted by Gasteiger charge is 2.17. The summed E-state index contributed by atoms with van der Waals surface area (Å²) in [7, 11) is 0. The Balaban J connectivity index is 0.00000225. The monoisotopic (exact) mass is 364 g/mol. The summed E-state index contributed by atoms with van der Waals surface area (Å²) < 4.78 is 7.57. The molecular formula is C18H25ClN4O2. The smallest absolute Gasteiger partial charge is 0.271 e. The van der Waals surface area contributed by atoms with Gasteiger partial charge in [-0.15, -0.1) is 12.4 Å². The number of carbonyl (C=O) groups excluding carboxylic acids is 1. The quantitative estimate of drug-likeness (QED) is 0.772. The van der Waals surface area contributed by atoms with Gasteiger partial charge in [0.25, 0.3) is 5.91 Å². The predicted octanol–water partition coefficient (Wildman–Crippen LogP) is 2.35. The van der Waals surface area contributed by atoms with Crippen LogP contribution in [-0.2, 0) is 0 Å². The molecule has 2 N–H and O–H groups in total. The number of nitrogens with one attached hydrogen (secondary N) is 2. The Labute approximate surface area is 154 Å². The number of aromatic nitrogens is 2. The molecule has 2 heterocycles. The maximum atomic E-state index is 12.2. The molecule has 0 bridgehead atoms. The Morgan fingerprint density at radius 2 is 2.24 bits per heavy atom. The number of halogens is 1. The van der Waals surface area contributed by atoms with Gasteiger partial charge >= 0.3 is 0 Å². The average molecular weight is 365 g/mol. The lowest BCUT2D eigenvalue weighted by atomic mass is 10.1. The summed E-state index contributed by atoms with van der Waals surface area (Å²) in [4.78, 5) is 12.2. The topological polar surface area (TPSA) is 68.2 Å². The molecule has 1 aromatic carbocycles. The molecule has 1 aliphatic rings. The molecule has 1 saturated heterocycles. The van der Waals surface area contributed by atoms with Crippen LogP contribution in [0.15, 0.2) is 36.5 Å². The number of rotatable bonds is 6. The summed E-state index contributed by atoms with van der Waals surface area (Å²) in [5.41, 5.74) is 1.54. The van der Waals surface area contributed by atoms with Crippen LogP contribution in [0, 0.1) is 6.92 Å². The Hall–Kier alpha value is -2.05. The van der Waals surface area contributed by atoms with Crippen LogP contribution in [0.5, 0.6) is 5.75 Å². The standard InChI is InChI=1S/C18H24N4O2.ClH/c1-14-5-2-3-7-17(14)24-12-10-20-18(23)16-8-11-22(21-16)15-6-4-9-19-13-15;/h2-3,5,7-8,11,15,19H,4,6,9-10,12-13H2,1H3,(H,20,23);1H. The number of benzene rings is 1. The molecule has 0 aliphatic carbocycles. The van der Waals surface area contributed by atoms with E-state index in [1.807, 2.05) is 42.1 Å². The molecule has 0 saturated carbocycles. The number of aryl methyl sites for hydroxylation is 1. The van der Waals surface area contributed by atoms with Crippen molar-refractivity contribution >= 4 is 18.3 Å². The van der Waals surface area contributed by atoms with E-state index >= 15 is 0 Å². The van der Waals surface area contributed by atoms with Gasteiger partial charge in [-0.3, -0.25) is 9.48 Å². The van der Waals surface area contributed by atoms with Crippen LogP contribution in [0.4, 0.5) is 0 Å². The van der Waals surface area contributed by atoms with Gasteiger partial charge in [0, 0.05) is 12.7 Å². The highest BCUT2D eigenvalue weighted by molar-refractivity contribution is 5.92. The molecule has 1 aliphatic heterocycles. The molecule has 6 nitrogen and oxygen atoms in total. The van der Waals surface area contributed by atoms with Crippen molar-refractivity contribution in [3.05, 3.63) is 47.8 Å². The van der Waals surface area contributed by atoms with Crippen molar-refractivity contribution in [2.45, 2.75) is 25.8 Å². The third-order valence-electron chi connectivity index (χ3n) is 4.22. The molecule has 0 spiro atoms. The van der Waals surface area contributed by atoms with Crippen molar-refractivity contribution in [1.82, 2.24) is 20.4 Å². The van der Waals surface area contributed by atoms with Crippen molar-refractivity contribution in [3.8, 4) is 5.75 Å². The molecule has 1 fully saturated rings. The number of hydrogen-bond acceptors (Lipinski definition) is 4. The van der Waals surface area contributed by atoms with Gasteiger partial charge in [-0.05, 0) is 44.0 Å². The zero-order valence-corrected chi connectivity index (χ0v) is 15.2. The lowest BCUT2D eigenvalue weighted by Gasteiger charge is -2.22. The molecule has 1 unspecified atom stereocenters. The van der Waals surface area contributed by atoms with Gasteiger partial charge in [0.15, 0.2) is 0 Å². The highest BCUT2D eigenvalue weighted by Crippen LogP contribution is 2.16. The van der Waals surface area contributed by atoms with Crippen LogP contribution in [0.1, 0.15) is 34.9 Å². The molecule has 1 atom stereocenters. The first kappa shape index (κ1) is 19.3. The molecule has 0 radical (unpaired) electrons. The lowest BCUT2D eigenvalue weighted by molar-refractivity contribution is 0.0940. The Bertz CT molecular complexity index is 683. The van der Waals surface area contributed by atoms with E-state index in [9.17, 15) is 4.79 Å². The number of amides is 1. The van der Waals surface area contributed by atoms with E-state index in [1.54, 1.807) is 6.07 Å². The largest absolute Gasteiger partial charge is 0.491 e. The zero-order chi connectivity index (χ0) is 16.8. The summed E-state index contributed by atoms with van der Waals surface area (Å²) in [6, 6.07) is 9.95. The summed E-state index contributed by atoms with van der Waals surface area (Å²) in [6.45, 7) is 4.86. The molecule has 2 aromatic rings. The first-order valence-corrected chi connectivity index (χ1v) is 8.46. The first-order chi connectivity index (χ1) is 11.7. The van der Waals surface area contributed by atoms with Gasteiger partial charge < -0.3 is 15.4 Å². The Morgan fingerprint density at radius 1 is 1.40 bits per heavy atom. The van der Waals surface area contributed by atoms with E-state index in [2.05, 4.69) is 15.7 Å². The highest BCUT2D eigenvalue weighted by atomic mass is 35.5. The molecule has 136 valence electrons. The second kappa shape index (κ2) is 9.44. The van der Waals surface area contributed by atoms with E-state index in [0.29, 0.717) is 24.9 Å².